The van der Waals surface area contributed by atoms with Gasteiger partial charge in [-0.2, -0.15) is 0 Å². The molecule has 0 amide bonds. The highest BCUT2D eigenvalue weighted by Crippen LogP contribution is 2.24. The van der Waals surface area contributed by atoms with Gasteiger partial charge in [0, 0.05) is 18.2 Å². The maximum atomic E-state index is 5.71. The molecule has 0 radical (unpaired) electrons. The van der Waals surface area contributed by atoms with Gasteiger partial charge < -0.3 is 15.2 Å². The third kappa shape index (κ3) is 9.21. The van der Waals surface area contributed by atoms with Crippen molar-refractivity contribution in [1.82, 2.24) is 0 Å². The molecule has 3 nitrogen and oxygen atoms in total. The number of hydrogen-bond acceptors (Lipinski definition) is 3. The third-order valence-electron chi connectivity index (χ3n) is 2.73. The average molecular weight is 334 g/mol. The van der Waals surface area contributed by atoms with Crippen molar-refractivity contribution in [3.63, 3.8) is 0 Å². The SMILES string of the molecule is CC.CC.CC.COc1cc(OCc2ccccc2)ccc1CN. The van der Waals surface area contributed by atoms with Crippen LogP contribution in [-0.2, 0) is 13.2 Å². The first-order valence-corrected chi connectivity index (χ1v) is 8.87. The van der Waals surface area contributed by atoms with Gasteiger partial charge in [-0.15, -0.1) is 0 Å². The van der Waals surface area contributed by atoms with Crippen molar-refractivity contribution < 1.29 is 9.47 Å². The van der Waals surface area contributed by atoms with Crippen LogP contribution in [0.25, 0.3) is 0 Å². The second kappa shape index (κ2) is 17.4. The summed E-state index contributed by atoms with van der Waals surface area (Å²) < 4.78 is 11.0. The molecule has 0 bridgehead atoms. The summed E-state index contributed by atoms with van der Waals surface area (Å²) in [6.45, 7) is 13.0. The van der Waals surface area contributed by atoms with Crippen LogP contribution in [0.2, 0.25) is 0 Å². The molecule has 136 valence electrons. The zero-order valence-electron chi connectivity index (χ0n) is 16.4. The Morgan fingerprint density at radius 2 is 1.42 bits per heavy atom. The largest absolute Gasteiger partial charge is 0.496 e. The molecule has 0 saturated heterocycles. The monoisotopic (exact) mass is 333 g/mol. The molecule has 0 atom stereocenters. The molecule has 0 aromatic heterocycles. The summed E-state index contributed by atoms with van der Waals surface area (Å²) >= 11 is 0. The Bertz CT molecular complexity index is 498. The van der Waals surface area contributed by atoms with Gasteiger partial charge in [-0.3, -0.25) is 0 Å². The van der Waals surface area contributed by atoms with Crippen LogP contribution in [0.1, 0.15) is 52.7 Å². The van der Waals surface area contributed by atoms with Gasteiger partial charge in [-0.05, 0) is 11.6 Å². The van der Waals surface area contributed by atoms with Crippen LogP contribution < -0.4 is 15.2 Å². The van der Waals surface area contributed by atoms with Crippen molar-refractivity contribution in [2.75, 3.05) is 7.11 Å². The summed E-state index contributed by atoms with van der Waals surface area (Å²) in [5, 5.41) is 0. The summed E-state index contributed by atoms with van der Waals surface area (Å²) in [7, 11) is 1.63. The van der Waals surface area contributed by atoms with E-state index < -0.39 is 0 Å². The fourth-order valence-electron chi connectivity index (χ4n) is 1.72. The summed E-state index contributed by atoms with van der Waals surface area (Å²) in [6, 6.07) is 15.8. The van der Waals surface area contributed by atoms with E-state index in [0.717, 1.165) is 22.6 Å². The van der Waals surface area contributed by atoms with E-state index >= 15 is 0 Å². The Morgan fingerprint density at radius 1 is 0.833 bits per heavy atom. The van der Waals surface area contributed by atoms with Crippen molar-refractivity contribution >= 4 is 0 Å². The minimum absolute atomic E-state index is 0.460. The van der Waals surface area contributed by atoms with Crippen LogP contribution in [-0.4, -0.2) is 7.11 Å². The molecule has 0 saturated carbocycles. The molecule has 0 fully saturated rings. The van der Waals surface area contributed by atoms with E-state index in [1.165, 1.54) is 0 Å². The van der Waals surface area contributed by atoms with Gasteiger partial charge in [0.05, 0.1) is 7.11 Å². The van der Waals surface area contributed by atoms with Gasteiger partial charge in [0.25, 0.3) is 0 Å². The van der Waals surface area contributed by atoms with Gasteiger partial charge >= 0.3 is 0 Å². The van der Waals surface area contributed by atoms with Crippen LogP contribution in [0.4, 0.5) is 0 Å². The standard InChI is InChI=1S/C15H17NO2.3C2H6/c1-17-15-9-14(8-7-13(15)10-16)18-11-12-5-3-2-4-6-12;3*1-2/h2-9H,10-11,16H2,1H3;3*1-2H3. The van der Waals surface area contributed by atoms with Crippen LogP contribution in [0, 0.1) is 0 Å². The predicted octanol–water partition coefficient (Wildman–Crippen LogP) is 5.81. The van der Waals surface area contributed by atoms with Crippen molar-refractivity contribution in [1.29, 1.82) is 0 Å². The Labute approximate surface area is 148 Å². The second-order valence-electron chi connectivity index (χ2n) is 3.95. The molecule has 0 spiro atoms. The fourth-order valence-corrected chi connectivity index (χ4v) is 1.72. The Kier molecular flexibility index (Phi) is 17.5. The lowest BCUT2D eigenvalue weighted by atomic mass is 10.2. The second-order valence-corrected chi connectivity index (χ2v) is 3.95. The van der Waals surface area contributed by atoms with E-state index in [-0.39, 0.29) is 0 Å². The number of methoxy groups -OCH3 is 1. The summed E-state index contributed by atoms with van der Waals surface area (Å²) in [5.74, 6) is 1.55. The first kappa shape index (κ1) is 24.3. The summed E-state index contributed by atoms with van der Waals surface area (Å²) in [6.07, 6.45) is 0. The van der Waals surface area contributed by atoms with Crippen LogP contribution in [0.15, 0.2) is 48.5 Å². The van der Waals surface area contributed by atoms with E-state index in [1.807, 2.05) is 90.1 Å². The topological polar surface area (TPSA) is 44.5 Å². The maximum Gasteiger partial charge on any atom is 0.127 e. The predicted molar refractivity (Wildman–Crippen MR) is 106 cm³/mol. The Hall–Kier alpha value is -2.00. The molecule has 0 unspecified atom stereocenters. The molecule has 0 aliphatic heterocycles. The highest BCUT2D eigenvalue weighted by molar-refractivity contribution is 5.40. The first-order chi connectivity index (χ1) is 11.8. The maximum absolute atomic E-state index is 5.71. The zero-order chi connectivity index (χ0) is 18.8. The van der Waals surface area contributed by atoms with E-state index in [2.05, 4.69) is 0 Å². The lowest BCUT2D eigenvalue weighted by Gasteiger charge is -2.10. The summed E-state index contributed by atoms with van der Waals surface area (Å²) in [5.41, 5.74) is 7.74. The molecule has 0 aliphatic carbocycles. The van der Waals surface area contributed by atoms with E-state index in [4.69, 9.17) is 15.2 Å². The molecule has 3 heteroatoms. The van der Waals surface area contributed by atoms with Crippen molar-refractivity contribution in [2.45, 2.75) is 54.7 Å². The number of benzene rings is 2. The molecule has 2 aromatic carbocycles. The molecular weight excluding hydrogens is 298 g/mol. The fraction of sp³-hybridized carbons (Fsp3) is 0.429. The summed E-state index contributed by atoms with van der Waals surface area (Å²) in [4.78, 5) is 0. The molecule has 2 rings (SSSR count). The van der Waals surface area contributed by atoms with Crippen molar-refractivity contribution in [2.24, 2.45) is 5.73 Å². The highest BCUT2D eigenvalue weighted by atomic mass is 16.5. The van der Waals surface area contributed by atoms with Gasteiger partial charge in [0.2, 0.25) is 0 Å². The number of ether oxygens (including phenoxy) is 2. The molecular formula is C21H35NO2. The van der Waals surface area contributed by atoms with Gasteiger partial charge in [0.1, 0.15) is 18.1 Å². The minimum Gasteiger partial charge on any atom is -0.496 e. The third-order valence-corrected chi connectivity index (χ3v) is 2.73. The smallest absolute Gasteiger partial charge is 0.127 e. The molecule has 24 heavy (non-hydrogen) atoms. The first-order valence-electron chi connectivity index (χ1n) is 8.87. The van der Waals surface area contributed by atoms with Gasteiger partial charge in [0.15, 0.2) is 0 Å². The van der Waals surface area contributed by atoms with Crippen molar-refractivity contribution in [3.8, 4) is 11.5 Å². The van der Waals surface area contributed by atoms with Crippen molar-refractivity contribution in [3.05, 3.63) is 59.7 Å². The highest BCUT2D eigenvalue weighted by Gasteiger charge is 2.03. The Morgan fingerprint density at radius 3 is 1.92 bits per heavy atom. The van der Waals surface area contributed by atoms with E-state index in [9.17, 15) is 0 Å². The minimum atomic E-state index is 0.460. The van der Waals surface area contributed by atoms with Gasteiger partial charge in [-0.1, -0.05) is 77.9 Å². The normalized spacial score (nSPS) is 8.33. The number of hydrogen-bond donors (Lipinski definition) is 1. The Balaban J connectivity index is 0. The average Bonchev–Trinajstić information content (AvgIpc) is 2.71. The van der Waals surface area contributed by atoms with Crippen LogP contribution >= 0.6 is 0 Å². The van der Waals surface area contributed by atoms with E-state index in [1.54, 1.807) is 7.11 Å². The molecule has 0 heterocycles. The quantitative estimate of drug-likeness (QED) is 0.750. The van der Waals surface area contributed by atoms with Crippen LogP contribution in [0.5, 0.6) is 11.5 Å². The zero-order valence-corrected chi connectivity index (χ0v) is 16.4. The lowest BCUT2D eigenvalue weighted by Crippen LogP contribution is -2.01. The number of rotatable bonds is 5. The lowest BCUT2D eigenvalue weighted by molar-refractivity contribution is 0.303. The molecule has 0 aliphatic rings. The van der Waals surface area contributed by atoms with E-state index in [0.29, 0.717) is 13.2 Å². The molecule has 2 N–H and O–H groups in total. The van der Waals surface area contributed by atoms with Gasteiger partial charge in [-0.25, -0.2) is 0 Å². The molecule has 2 aromatic rings. The number of nitrogens with two attached hydrogens (primary N) is 1. The van der Waals surface area contributed by atoms with Crippen LogP contribution in [0.3, 0.4) is 0 Å².